The first-order valence-corrected chi connectivity index (χ1v) is 4.78. The lowest BCUT2D eigenvalue weighted by Gasteiger charge is -2.04. The molecule has 4 nitrogen and oxygen atoms in total. The molecule has 0 unspecified atom stereocenters. The van der Waals surface area contributed by atoms with Gasteiger partial charge in [-0.15, -0.1) is 0 Å². The summed E-state index contributed by atoms with van der Waals surface area (Å²) in [5.74, 6) is 0.704. The third kappa shape index (κ3) is 2.03. The molecule has 0 saturated carbocycles. The van der Waals surface area contributed by atoms with Crippen LogP contribution in [0.5, 0.6) is 11.5 Å². The van der Waals surface area contributed by atoms with E-state index >= 15 is 0 Å². The molecule has 0 bridgehead atoms. The standard InChI is InChI=1S/C11H12O4/c1-7-4-8(2-3-10(12)13)5-9-11(7)15-6-14-9/h4-5H,2-3,6H2,1H3,(H,12,13). The zero-order valence-electron chi connectivity index (χ0n) is 8.45. The fraction of sp³-hybridized carbons (Fsp3) is 0.364. The van der Waals surface area contributed by atoms with Gasteiger partial charge in [0.15, 0.2) is 11.5 Å². The normalized spacial score (nSPS) is 12.9. The molecular formula is C11H12O4. The minimum atomic E-state index is -0.787. The van der Waals surface area contributed by atoms with E-state index in [2.05, 4.69) is 0 Å². The zero-order valence-corrected chi connectivity index (χ0v) is 8.45. The van der Waals surface area contributed by atoms with Crippen LogP contribution in [0.25, 0.3) is 0 Å². The molecule has 0 radical (unpaired) electrons. The maximum Gasteiger partial charge on any atom is 0.303 e. The third-order valence-corrected chi connectivity index (χ3v) is 2.35. The first-order valence-electron chi connectivity index (χ1n) is 4.78. The van der Waals surface area contributed by atoms with E-state index in [0.29, 0.717) is 6.42 Å². The van der Waals surface area contributed by atoms with Crippen molar-refractivity contribution in [2.24, 2.45) is 0 Å². The molecule has 0 aliphatic carbocycles. The van der Waals surface area contributed by atoms with Crippen molar-refractivity contribution in [3.05, 3.63) is 23.3 Å². The Morgan fingerprint density at radius 1 is 1.47 bits per heavy atom. The van der Waals surface area contributed by atoms with Gasteiger partial charge in [0, 0.05) is 6.42 Å². The van der Waals surface area contributed by atoms with Crippen LogP contribution in [0.3, 0.4) is 0 Å². The van der Waals surface area contributed by atoms with Gasteiger partial charge < -0.3 is 14.6 Å². The van der Waals surface area contributed by atoms with Crippen molar-refractivity contribution in [1.29, 1.82) is 0 Å². The van der Waals surface area contributed by atoms with Gasteiger partial charge in [-0.05, 0) is 30.5 Å². The Bertz CT molecular complexity index is 398. The molecule has 1 aromatic rings. The van der Waals surface area contributed by atoms with Crippen molar-refractivity contribution in [3.63, 3.8) is 0 Å². The molecule has 2 rings (SSSR count). The number of carbonyl (C=O) groups is 1. The van der Waals surface area contributed by atoms with Gasteiger partial charge in [-0.2, -0.15) is 0 Å². The van der Waals surface area contributed by atoms with Crippen molar-refractivity contribution in [2.45, 2.75) is 19.8 Å². The van der Waals surface area contributed by atoms with Gasteiger partial charge in [-0.3, -0.25) is 4.79 Å². The molecule has 0 spiro atoms. The monoisotopic (exact) mass is 208 g/mol. The first kappa shape index (κ1) is 9.83. The van der Waals surface area contributed by atoms with Crippen LogP contribution < -0.4 is 9.47 Å². The lowest BCUT2D eigenvalue weighted by atomic mass is 10.1. The number of rotatable bonds is 3. The second-order valence-corrected chi connectivity index (χ2v) is 3.54. The van der Waals surface area contributed by atoms with Crippen molar-refractivity contribution in [3.8, 4) is 11.5 Å². The number of hydrogen-bond acceptors (Lipinski definition) is 3. The minimum Gasteiger partial charge on any atom is -0.481 e. The van der Waals surface area contributed by atoms with E-state index in [9.17, 15) is 4.79 Å². The molecule has 80 valence electrons. The summed E-state index contributed by atoms with van der Waals surface area (Å²) in [5, 5.41) is 8.58. The molecule has 1 heterocycles. The lowest BCUT2D eigenvalue weighted by Crippen LogP contribution is -1.97. The molecule has 0 amide bonds. The minimum absolute atomic E-state index is 0.138. The Hall–Kier alpha value is -1.71. The molecule has 15 heavy (non-hydrogen) atoms. The van der Waals surface area contributed by atoms with Crippen LogP contribution >= 0.6 is 0 Å². The highest BCUT2D eigenvalue weighted by molar-refractivity contribution is 5.67. The Balaban J connectivity index is 2.20. The maximum atomic E-state index is 10.4. The summed E-state index contributed by atoms with van der Waals surface area (Å²) in [7, 11) is 0. The van der Waals surface area contributed by atoms with Crippen LogP contribution in [0.15, 0.2) is 12.1 Å². The van der Waals surface area contributed by atoms with Crippen molar-refractivity contribution in [2.75, 3.05) is 6.79 Å². The molecule has 0 aromatic heterocycles. The quantitative estimate of drug-likeness (QED) is 0.822. The topological polar surface area (TPSA) is 55.8 Å². The molecule has 1 aliphatic rings. The summed E-state index contributed by atoms with van der Waals surface area (Å²) in [6, 6.07) is 3.79. The molecule has 4 heteroatoms. The number of aryl methyl sites for hydroxylation is 2. The average molecular weight is 208 g/mol. The number of carboxylic acid groups (broad SMARTS) is 1. The van der Waals surface area contributed by atoms with Gasteiger partial charge in [0.1, 0.15) is 0 Å². The number of fused-ring (bicyclic) bond motifs is 1. The largest absolute Gasteiger partial charge is 0.481 e. The molecule has 0 saturated heterocycles. The summed E-state index contributed by atoms with van der Waals surface area (Å²) in [6.45, 7) is 2.18. The Morgan fingerprint density at radius 3 is 3.00 bits per heavy atom. The Labute approximate surface area is 87.4 Å². The molecule has 0 fully saturated rings. The predicted molar refractivity (Wildman–Crippen MR) is 53.3 cm³/mol. The Morgan fingerprint density at radius 2 is 2.27 bits per heavy atom. The van der Waals surface area contributed by atoms with Crippen LogP contribution in [0.4, 0.5) is 0 Å². The SMILES string of the molecule is Cc1cc(CCC(=O)O)cc2c1OCO2. The number of ether oxygens (including phenoxy) is 2. The highest BCUT2D eigenvalue weighted by Crippen LogP contribution is 2.36. The van der Waals surface area contributed by atoms with Crippen molar-refractivity contribution >= 4 is 5.97 Å². The number of benzene rings is 1. The average Bonchev–Trinajstić information content (AvgIpc) is 2.63. The van der Waals surface area contributed by atoms with Gasteiger partial charge >= 0.3 is 5.97 Å². The smallest absolute Gasteiger partial charge is 0.303 e. The summed E-state index contributed by atoms with van der Waals surface area (Å²) in [6.07, 6.45) is 0.659. The van der Waals surface area contributed by atoms with Crippen molar-refractivity contribution in [1.82, 2.24) is 0 Å². The van der Waals surface area contributed by atoms with Gasteiger partial charge in [0.2, 0.25) is 6.79 Å². The van der Waals surface area contributed by atoms with E-state index in [4.69, 9.17) is 14.6 Å². The van der Waals surface area contributed by atoms with Crippen LogP contribution in [0.1, 0.15) is 17.5 Å². The summed E-state index contributed by atoms with van der Waals surface area (Å²) >= 11 is 0. The van der Waals surface area contributed by atoms with Crippen molar-refractivity contribution < 1.29 is 19.4 Å². The highest BCUT2D eigenvalue weighted by Gasteiger charge is 2.16. The van der Waals surface area contributed by atoms with E-state index in [1.807, 2.05) is 19.1 Å². The van der Waals surface area contributed by atoms with E-state index in [0.717, 1.165) is 22.6 Å². The molecule has 1 aliphatic heterocycles. The highest BCUT2D eigenvalue weighted by atomic mass is 16.7. The van der Waals surface area contributed by atoms with Crippen LogP contribution in [0.2, 0.25) is 0 Å². The van der Waals surface area contributed by atoms with E-state index in [1.165, 1.54) is 0 Å². The molecule has 1 aromatic carbocycles. The molecule has 0 atom stereocenters. The number of hydrogen-bond donors (Lipinski definition) is 1. The van der Waals surface area contributed by atoms with E-state index < -0.39 is 5.97 Å². The van der Waals surface area contributed by atoms with Crippen LogP contribution in [-0.2, 0) is 11.2 Å². The number of aliphatic carboxylic acids is 1. The van der Waals surface area contributed by atoms with Crippen LogP contribution in [-0.4, -0.2) is 17.9 Å². The van der Waals surface area contributed by atoms with E-state index in [1.54, 1.807) is 0 Å². The second-order valence-electron chi connectivity index (χ2n) is 3.54. The van der Waals surface area contributed by atoms with Gasteiger partial charge in [-0.1, -0.05) is 6.07 Å². The summed E-state index contributed by atoms with van der Waals surface area (Å²) in [5.41, 5.74) is 1.96. The number of carboxylic acids is 1. The zero-order chi connectivity index (χ0) is 10.8. The summed E-state index contributed by atoms with van der Waals surface area (Å²) < 4.78 is 10.5. The fourth-order valence-corrected chi connectivity index (χ4v) is 1.65. The molecule has 1 N–H and O–H groups in total. The maximum absolute atomic E-state index is 10.4. The van der Waals surface area contributed by atoms with Gasteiger partial charge in [0.05, 0.1) is 0 Å². The fourth-order valence-electron chi connectivity index (χ4n) is 1.65. The van der Waals surface area contributed by atoms with Gasteiger partial charge in [0.25, 0.3) is 0 Å². The van der Waals surface area contributed by atoms with Crippen LogP contribution in [0, 0.1) is 6.92 Å². The predicted octanol–water partition coefficient (Wildman–Crippen LogP) is 1.74. The molecular weight excluding hydrogens is 196 g/mol. The lowest BCUT2D eigenvalue weighted by molar-refractivity contribution is -0.136. The van der Waals surface area contributed by atoms with E-state index in [-0.39, 0.29) is 13.2 Å². The van der Waals surface area contributed by atoms with Gasteiger partial charge in [-0.25, -0.2) is 0 Å². The summed E-state index contributed by atoms with van der Waals surface area (Å²) in [4.78, 5) is 10.4. The second kappa shape index (κ2) is 3.81. The third-order valence-electron chi connectivity index (χ3n) is 2.35. The first-order chi connectivity index (χ1) is 7.16. The Kier molecular flexibility index (Phi) is 2.49.